The number of benzene rings is 4. The summed E-state index contributed by atoms with van der Waals surface area (Å²) in [5, 5.41) is 11.2. The van der Waals surface area contributed by atoms with Gasteiger partial charge in [-0.3, -0.25) is 19.2 Å². The molecule has 4 amide bonds. The molecule has 2 aliphatic heterocycles. The molecule has 0 radical (unpaired) electrons. The lowest BCUT2D eigenvalue weighted by atomic mass is 9.77. The van der Waals surface area contributed by atoms with E-state index in [0.29, 0.717) is 102 Å². The first kappa shape index (κ1) is 45.0. The molecule has 6 aromatic rings. The number of aromatic nitrogens is 1. The van der Waals surface area contributed by atoms with Gasteiger partial charge in [-0.15, -0.1) is 11.3 Å². The van der Waals surface area contributed by atoms with E-state index in [9.17, 15) is 24.0 Å². The molecule has 4 aromatic carbocycles. The van der Waals surface area contributed by atoms with E-state index in [1.54, 1.807) is 70.8 Å². The fourth-order valence-corrected chi connectivity index (χ4v) is 10.6. The number of anilines is 3. The summed E-state index contributed by atoms with van der Waals surface area (Å²) >= 11 is 1.54. The summed E-state index contributed by atoms with van der Waals surface area (Å²) in [5.74, 6) is -0.282. The van der Waals surface area contributed by atoms with Crippen LogP contribution in [0.1, 0.15) is 112 Å². The molecule has 7 N–H and O–H groups in total. The third-order valence-corrected chi connectivity index (χ3v) is 14.1. The van der Waals surface area contributed by atoms with Gasteiger partial charge < -0.3 is 46.4 Å². The highest BCUT2D eigenvalue weighted by molar-refractivity contribution is 7.17. The number of amides is 4. The van der Waals surface area contributed by atoms with Crippen LogP contribution >= 0.6 is 11.3 Å². The lowest BCUT2D eigenvalue weighted by Gasteiger charge is -2.36. The van der Waals surface area contributed by atoms with E-state index < -0.39 is 11.6 Å². The van der Waals surface area contributed by atoms with Crippen molar-refractivity contribution in [3.8, 4) is 11.5 Å². The fourth-order valence-electron chi connectivity index (χ4n) is 9.78. The average molecular weight is 922 g/mol. The first-order valence-corrected chi connectivity index (χ1v) is 24.0. The van der Waals surface area contributed by atoms with Crippen molar-refractivity contribution in [1.29, 1.82) is 0 Å². The number of thiophene rings is 1. The van der Waals surface area contributed by atoms with Crippen LogP contribution in [0, 0.1) is 12.8 Å². The highest BCUT2D eigenvalue weighted by Crippen LogP contribution is 2.56. The van der Waals surface area contributed by atoms with Gasteiger partial charge in [-0.2, -0.15) is 0 Å². The molecule has 3 aliphatic rings. The van der Waals surface area contributed by atoms with E-state index in [1.807, 2.05) is 60.2 Å². The number of nitrogen functional groups attached to an aromatic ring is 2. The van der Waals surface area contributed by atoms with Crippen molar-refractivity contribution in [2.45, 2.75) is 83.4 Å². The summed E-state index contributed by atoms with van der Waals surface area (Å²) in [7, 11) is 0. The molecule has 1 fully saturated rings. The predicted octanol–water partition coefficient (Wildman–Crippen LogP) is 8.19. The van der Waals surface area contributed by atoms with Crippen molar-refractivity contribution >= 4 is 68.2 Å². The normalized spacial score (nSPS) is 16.6. The third kappa shape index (κ3) is 8.95. The molecule has 15 heteroatoms. The summed E-state index contributed by atoms with van der Waals surface area (Å²) in [4.78, 5) is 68.9. The average Bonchev–Trinajstić information content (AvgIpc) is 4.00. The molecule has 346 valence electrons. The van der Waals surface area contributed by atoms with Gasteiger partial charge in [0, 0.05) is 83.0 Å². The largest absolute Gasteiger partial charge is 0.456 e. The minimum atomic E-state index is -1.29. The van der Waals surface area contributed by atoms with Crippen molar-refractivity contribution in [3.63, 3.8) is 0 Å². The fraction of sp³-hybridized carbons (Fsp3) is 0.327. The van der Waals surface area contributed by atoms with E-state index in [4.69, 9.17) is 20.9 Å². The number of nitrogens with one attached hydrogen (secondary N) is 3. The molecule has 14 nitrogen and oxygen atoms in total. The number of esters is 1. The Bertz CT molecular complexity index is 2840. The molecule has 2 aromatic heterocycles. The number of fused-ring (bicyclic) bond motifs is 7. The number of likely N-dealkylation sites (N-methyl/N-ethyl adjacent to an activating group) is 1. The number of carbonyl (C=O) groups excluding carboxylic acids is 5. The Hall–Kier alpha value is -7.13. The number of hydrogen-bond acceptors (Lipinski definition) is 10. The Labute approximate surface area is 393 Å². The second kappa shape index (κ2) is 19.0. The standard InChI is InChI=1S/C52H55N7O7S/c1-3-58(37-10-8-9-31(2)25-37)47(60)30-59-42-21-24-67-46(42)29-43(59)50(63)57-36-16-11-32(12-17-36)48(61)55-22-6-4-5-7-23-56-49(62)33-13-18-39-38(26-33)51(64)66-52(39)40-19-14-34(53)27-44(40)65-45-28-35(54)15-20-41(45)52/h8-10,13-15,18-21,24-29,32,36H,3-7,11-12,16-17,22-23,30,53-54H2,1-2H3,(H,55,61)(H,56,62)(H,57,63). The highest BCUT2D eigenvalue weighted by Gasteiger charge is 2.53. The molecule has 0 atom stereocenters. The zero-order valence-corrected chi connectivity index (χ0v) is 38.5. The van der Waals surface area contributed by atoms with Crippen molar-refractivity contribution in [2.75, 3.05) is 36.0 Å². The number of carbonyl (C=O) groups is 5. The van der Waals surface area contributed by atoms with Gasteiger partial charge >= 0.3 is 5.97 Å². The van der Waals surface area contributed by atoms with Gasteiger partial charge in [0.05, 0.1) is 15.8 Å². The van der Waals surface area contributed by atoms with Crippen LogP contribution in [0.15, 0.2) is 96.4 Å². The van der Waals surface area contributed by atoms with Gasteiger partial charge in [0.25, 0.3) is 11.8 Å². The number of rotatable bonds is 15. The van der Waals surface area contributed by atoms with E-state index in [0.717, 1.165) is 47.2 Å². The van der Waals surface area contributed by atoms with Crippen LogP contribution in [0.25, 0.3) is 10.2 Å². The number of nitrogens with two attached hydrogens (primary N) is 2. The molecular formula is C52H55N7O7S. The summed E-state index contributed by atoms with van der Waals surface area (Å²) in [5.41, 5.74) is 17.6. The zero-order chi connectivity index (χ0) is 46.8. The SMILES string of the molecule is CCN(C(=O)Cn1c(C(=O)NC2CCC(C(=O)NCCCCCCNC(=O)c3ccc4c(c3)C(=O)OC43c4ccc(N)cc4Oc4cc(N)ccc43)CC2)cc2sccc21)c1cccc(C)c1. The lowest BCUT2D eigenvalue weighted by Crippen LogP contribution is -2.42. The molecule has 0 bridgehead atoms. The van der Waals surface area contributed by atoms with Gasteiger partial charge in [-0.05, 0) is 124 Å². The first-order valence-electron chi connectivity index (χ1n) is 23.1. The second-order valence-electron chi connectivity index (χ2n) is 17.7. The van der Waals surface area contributed by atoms with E-state index in [2.05, 4.69) is 16.0 Å². The van der Waals surface area contributed by atoms with Gasteiger partial charge in [0.15, 0.2) is 5.60 Å². The van der Waals surface area contributed by atoms with Gasteiger partial charge in [0.1, 0.15) is 23.7 Å². The molecule has 67 heavy (non-hydrogen) atoms. The van der Waals surface area contributed by atoms with Crippen LogP contribution in [0.4, 0.5) is 17.1 Å². The smallest absolute Gasteiger partial charge is 0.340 e. The topological polar surface area (TPSA) is 200 Å². The summed E-state index contributed by atoms with van der Waals surface area (Å²) in [6.45, 7) is 5.54. The summed E-state index contributed by atoms with van der Waals surface area (Å²) < 4.78 is 15.1. The number of unbranched alkanes of at least 4 members (excludes halogenated alkanes) is 3. The molecule has 1 aliphatic carbocycles. The minimum absolute atomic E-state index is 0.0440. The molecule has 1 spiro atoms. The Morgan fingerprint density at radius 3 is 2.16 bits per heavy atom. The van der Waals surface area contributed by atoms with Gasteiger partial charge in [-0.25, -0.2) is 4.79 Å². The quantitative estimate of drug-likeness (QED) is 0.0383. The Balaban J connectivity index is 0.700. The summed E-state index contributed by atoms with van der Waals surface area (Å²) in [6, 6.07) is 27.1. The molecule has 1 saturated carbocycles. The van der Waals surface area contributed by atoms with Crippen LogP contribution in [0.2, 0.25) is 0 Å². The van der Waals surface area contributed by atoms with Crippen LogP contribution in [0.5, 0.6) is 11.5 Å². The Morgan fingerprint density at radius 2 is 1.48 bits per heavy atom. The third-order valence-electron chi connectivity index (χ3n) is 13.2. The predicted molar refractivity (Wildman–Crippen MR) is 260 cm³/mol. The van der Waals surface area contributed by atoms with Crippen molar-refractivity contribution < 1.29 is 33.4 Å². The Morgan fingerprint density at radius 1 is 0.791 bits per heavy atom. The van der Waals surface area contributed by atoms with Gasteiger partial charge in [-0.1, -0.05) is 31.0 Å². The van der Waals surface area contributed by atoms with Crippen LogP contribution in [-0.2, 0) is 26.5 Å². The van der Waals surface area contributed by atoms with Crippen molar-refractivity contribution in [1.82, 2.24) is 20.5 Å². The van der Waals surface area contributed by atoms with Crippen molar-refractivity contribution in [3.05, 3.63) is 135 Å². The Kier molecular flexibility index (Phi) is 12.8. The van der Waals surface area contributed by atoms with E-state index in [1.165, 1.54) is 0 Å². The molecule has 0 unspecified atom stereocenters. The van der Waals surface area contributed by atoms with Crippen LogP contribution < -0.4 is 37.1 Å². The van der Waals surface area contributed by atoms with Crippen LogP contribution in [0.3, 0.4) is 0 Å². The maximum Gasteiger partial charge on any atom is 0.340 e. The van der Waals surface area contributed by atoms with Crippen molar-refractivity contribution in [2.24, 2.45) is 5.92 Å². The minimum Gasteiger partial charge on any atom is -0.456 e. The van der Waals surface area contributed by atoms with Crippen LogP contribution in [-0.4, -0.2) is 59.8 Å². The molecular weight excluding hydrogens is 867 g/mol. The van der Waals surface area contributed by atoms with E-state index in [-0.39, 0.29) is 42.1 Å². The second-order valence-corrected chi connectivity index (χ2v) is 18.6. The number of ether oxygens (including phenoxy) is 2. The van der Waals surface area contributed by atoms with E-state index >= 15 is 0 Å². The number of nitrogens with zero attached hydrogens (tertiary/aromatic N) is 2. The number of hydrogen-bond donors (Lipinski definition) is 5. The lowest BCUT2D eigenvalue weighted by molar-refractivity contribution is -0.126. The number of aryl methyl sites for hydroxylation is 1. The van der Waals surface area contributed by atoms with Gasteiger partial charge in [0.2, 0.25) is 11.8 Å². The summed E-state index contributed by atoms with van der Waals surface area (Å²) in [6.07, 6.45) is 6.09. The highest BCUT2D eigenvalue weighted by atomic mass is 32.1. The molecule has 0 saturated heterocycles. The maximum absolute atomic E-state index is 13.7. The first-order chi connectivity index (χ1) is 32.4. The monoisotopic (exact) mass is 921 g/mol. The molecule has 9 rings (SSSR count). The zero-order valence-electron chi connectivity index (χ0n) is 37.7. The molecule has 4 heterocycles. The maximum atomic E-state index is 13.7.